The summed E-state index contributed by atoms with van der Waals surface area (Å²) < 4.78 is 21.3. The fourth-order valence-corrected chi connectivity index (χ4v) is 2.68. The van der Waals surface area contributed by atoms with Gasteiger partial charge in [-0.05, 0) is 48.0 Å². The van der Waals surface area contributed by atoms with E-state index in [1.165, 1.54) is 13.2 Å². The van der Waals surface area contributed by atoms with Crippen LogP contribution >= 0.6 is 0 Å². The van der Waals surface area contributed by atoms with Gasteiger partial charge in [0.05, 0.1) is 32.7 Å². The van der Waals surface area contributed by atoms with Crippen molar-refractivity contribution in [2.24, 2.45) is 0 Å². The number of carbonyl (C=O) groups excluding carboxylic acids is 1. The van der Waals surface area contributed by atoms with Gasteiger partial charge < -0.3 is 23.2 Å². The van der Waals surface area contributed by atoms with Gasteiger partial charge in [0.1, 0.15) is 17.6 Å². The number of amides is 1. The van der Waals surface area contributed by atoms with E-state index >= 15 is 0 Å². The van der Waals surface area contributed by atoms with Crippen LogP contribution in [0.4, 0.5) is 0 Å². The zero-order valence-electron chi connectivity index (χ0n) is 15.9. The maximum atomic E-state index is 12.8. The van der Waals surface area contributed by atoms with E-state index in [-0.39, 0.29) is 12.5 Å². The summed E-state index contributed by atoms with van der Waals surface area (Å²) in [5, 5.41) is 8.64. The molecule has 0 bridgehead atoms. The Morgan fingerprint density at radius 3 is 2.34 bits per heavy atom. The van der Waals surface area contributed by atoms with E-state index in [9.17, 15) is 4.79 Å². The minimum atomic E-state index is -0.193. The van der Waals surface area contributed by atoms with Crippen molar-refractivity contribution in [1.29, 1.82) is 5.26 Å². The van der Waals surface area contributed by atoms with Crippen LogP contribution in [0.25, 0.3) is 6.08 Å². The number of hydrogen-bond donors (Lipinski definition) is 0. The lowest BCUT2D eigenvalue weighted by molar-refractivity contribution is -0.127. The SMILES string of the molecule is COc1cc(C=CC(=O)N(Cc2ccco2)Cc2ccco2)ccc1OCC#N. The molecule has 2 heterocycles. The molecule has 0 saturated heterocycles. The number of nitriles is 1. The molecule has 7 heteroatoms. The van der Waals surface area contributed by atoms with Crippen molar-refractivity contribution >= 4 is 12.0 Å². The molecule has 1 aromatic carbocycles. The first-order valence-electron chi connectivity index (χ1n) is 8.89. The number of nitrogens with zero attached hydrogens (tertiary/aromatic N) is 2. The summed E-state index contributed by atoms with van der Waals surface area (Å²) in [5.41, 5.74) is 0.760. The Balaban J connectivity index is 1.74. The molecule has 0 spiro atoms. The Bertz CT molecular complexity index is 949. The lowest BCUT2D eigenvalue weighted by Gasteiger charge is -2.18. The normalized spacial score (nSPS) is 10.6. The molecule has 0 aliphatic rings. The van der Waals surface area contributed by atoms with Crippen molar-refractivity contribution in [3.05, 3.63) is 78.2 Å². The Labute approximate surface area is 168 Å². The van der Waals surface area contributed by atoms with E-state index in [1.54, 1.807) is 53.8 Å². The molecule has 7 nitrogen and oxygen atoms in total. The molecule has 0 radical (unpaired) electrons. The predicted molar refractivity (Wildman–Crippen MR) is 105 cm³/mol. The molecule has 1 amide bonds. The van der Waals surface area contributed by atoms with Gasteiger partial charge in [0.2, 0.25) is 5.91 Å². The Hall–Kier alpha value is -3.92. The van der Waals surface area contributed by atoms with Crippen LogP contribution in [0.1, 0.15) is 17.1 Å². The number of hydrogen-bond acceptors (Lipinski definition) is 6. The van der Waals surface area contributed by atoms with Crippen molar-refractivity contribution in [1.82, 2.24) is 4.90 Å². The largest absolute Gasteiger partial charge is 0.493 e. The molecule has 0 atom stereocenters. The quantitative estimate of drug-likeness (QED) is 0.511. The highest BCUT2D eigenvalue weighted by Gasteiger charge is 2.15. The molecular formula is C22H20N2O5. The fourth-order valence-electron chi connectivity index (χ4n) is 2.68. The van der Waals surface area contributed by atoms with Gasteiger partial charge in [-0.25, -0.2) is 0 Å². The van der Waals surface area contributed by atoms with Gasteiger partial charge in [-0.3, -0.25) is 4.79 Å². The molecule has 0 fully saturated rings. The Morgan fingerprint density at radius 2 is 1.79 bits per heavy atom. The topological polar surface area (TPSA) is 88.8 Å². The Kier molecular flexibility index (Phi) is 6.74. The van der Waals surface area contributed by atoms with Crippen LogP contribution < -0.4 is 9.47 Å². The lowest BCUT2D eigenvalue weighted by atomic mass is 10.2. The molecule has 0 aliphatic heterocycles. The maximum absolute atomic E-state index is 12.8. The number of carbonyl (C=O) groups is 1. The maximum Gasteiger partial charge on any atom is 0.247 e. The van der Waals surface area contributed by atoms with E-state index in [0.717, 1.165) is 5.56 Å². The van der Waals surface area contributed by atoms with E-state index in [2.05, 4.69) is 0 Å². The van der Waals surface area contributed by atoms with Crippen LogP contribution in [0.15, 0.2) is 69.9 Å². The monoisotopic (exact) mass is 392 g/mol. The molecule has 0 saturated carbocycles. The van der Waals surface area contributed by atoms with Crippen LogP contribution in [-0.4, -0.2) is 24.5 Å². The van der Waals surface area contributed by atoms with Gasteiger partial charge >= 0.3 is 0 Å². The van der Waals surface area contributed by atoms with Gasteiger partial charge in [0.15, 0.2) is 18.1 Å². The summed E-state index contributed by atoms with van der Waals surface area (Å²) >= 11 is 0. The second kappa shape index (κ2) is 9.85. The average molecular weight is 392 g/mol. The van der Waals surface area contributed by atoms with E-state index in [1.807, 2.05) is 18.2 Å². The third kappa shape index (κ3) is 5.53. The predicted octanol–water partition coefficient (Wildman–Crippen LogP) is 4.03. The van der Waals surface area contributed by atoms with Crippen LogP contribution in [0.2, 0.25) is 0 Å². The first-order chi connectivity index (χ1) is 14.2. The van der Waals surface area contributed by atoms with Crippen molar-refractivity contribution in [3.63, 3.8) is 0 Å². The number of ether oxygens (including phenoxy) is 2. The van der Waals surface area contributed by atoms with Crippen molar-refractivity contribution < 1.29 is 23.1 Å². The molecular weight excluding hydrogens is 372 g/mol. The highest BCUT2D eigenvalue weighted by molar-refractivity contribution is 5.91. The lowest BCUT2D eigenvalue weighted by Crippen LogP contribution is -2.28. The van der Waals surface area contributed by atoms with Gasteiger partial charge in [-0.2, -0.15) is 5.26 Å². The van der Waals surface area contributed by atoms with Crippen molar-refractivity contribution in [2.45, 2.75) is 13.1 Å². The Morgan fingerprint density at radius 1 is 1.10 bits per heavy atom. The van der Waals surface area contributed by atoms with Gasteiger partial charge in [-0.15, -0.1) is 0 Å². The van der Waals surface area contributed by atoms with E-state index < -0.39 is 0 Å². The first kappa shape index (κ1) is 19.8. The summed E-state index contributed by atoms with van der Waals surface area (Å²) in [5.74, 6) is 2.12. The molecule has 3 rings (SSSR count). The second-order valence-corrected chi connectivity index (χ2v) is 6.04. The molecule has 0 aliphatic carbocycles. The highest BCUT2D eigenvalue weighted by atomic mass is 16.5. The van der Waals surface area contributed by atoms with E-state index in [4.69, 9.17) is 23.6 Å². The summed E-state index contributed by atoms with van der Waals surface area (Å²) in [6, 6.07) is 14.3. The average Bonchev–Trinajstić information content (AvgIpc) is 3.44. The third-order valence-corrected chi connectivity index (χ3v) is 4.06. The summed E-state index contributed by atoms with van der Waals surface area (Å²) in [6.07, 6.45) is 6.32. The number of methoxy groups -OCH3 is 1. The van der Waals surface area contributed by atoms with Crippen LogP contribution in [0.5, 0.6) is 11.5 Å². The van der Waals surface area contributed by atoms with E-state index in [0.29, 0.717) is 36.1 Å². The molecule has 2 aromatic heterocycles. The van der Waals surface area contributed by atoms with Crippen LogP contribution in [0, 0.1) is 11.3 Å². The molecule has 148 valence electrons. The van der Waals surface area contributed by atoms with Crippen molar-refractivity contribution in [2.75, 3.05) is 13.7 Å². The van der Waals surface area contributed by atoms with Gasteiger partial charge in [0.25, 0.3) is 0 Å². The standard InChI is InChI=1S/C22H20N2O5/c1-26-21-14-17(6-8-20(21)29-13-10-23)7-9-22(25)24(15-18-4-2-11-27-18)16-19-5-3-12-28-19/h2-9,11-12,14H,13,15-16H2,1H3. The molecule has 3 aromatic rings. The zero-order valence-corrected chi connectivity index (χ0v) is 15.9. The third-order valence-electron chi connectivity index (χ3n) is 4.06. The van der Waals surface area contributed by atoms with Gasteiger partial charge in [-0.1, -0.05) is 6.07 Å². The minimum Gasteiger partial charge on any atom is -0.493 e. The highest BCUT2D eigenvalue weighted by Crippen LogP contribution is 2.28. The number of furan rings is 2. The first-order valence-corrected chi connectivity index (χ1v) is 8.89. The molecule has 0 N–H and O–H groups in total. The minimum absolute atomic E-state index is 0.0709. The molecule has 29 heavy (non-hydrogen) atoms. The van der Waals surface area contributed by atoms with Crippen LogP contribution in [0.3, 0.4) is 0 Å². The smallest absolute Gasteiger partial charge is 0.247 e. The fraction of sp³-hybridized carbons (Fsp3) is 0.182. The van der Waals surface area contributed by atoms with Gasteiger partial charge in [0, 0.05) is 6.08 Å². The summed E-state index contributed by atoms with van der Waals surface area (Å²) in [4.78, 5) is 14.4. The second-order valence-electron chi connectivity index (χ2n) is 6.04. The number of benzene rings is 1. The summed E-state index contributed by atoms with van der Waals surface area (Å²) in [7, 11) is 1.52. The number of rotatable bonds is 9. The summed E-state index contributed by atoms with van der Waals surface area (Å²) in [6.45, 7) is 0.570. The van der Waals surface area contributed by atoms with Crippen LogP contribution in [-0.2, 0) is 17.9 Å². The zero-order chi connectivity index (χ0) is 20.5. The van der Waals surface area contributed by atoms with Crippen molar-refractivity contribution in [3.8, 4) is 17.6 Å². The molecule has 0 unspecified atom stereocenters.